The van der Waals surface area contributed by atoms with Crippen LogP contribution in [-0.4, -0.2) is 21.1 Å². The molecule has 0 unspecified atom stereocenters. The molecule has 23 heavy (non-hydrogen) atoms. The summed E-state index contributed by atoms with van der Waals surface area (Å²) >= 11 is 6.19. The Hall–Kier alpha value is -2.60. The molecule has 0 aromatic carbocycles. The summed E-state index contributed by atoms with van der Waals surface area (Å²) in [7, 11) is 0. The smallest absolute Gasteiger partial charge is 0.193 e. The van der Waals surface area contributed by atoms with Crippen LogP contribution < -0.4 is 11.1 Å². The van der Waals surface area contributed by atoms with Crippen molar-refractivity contribution in [1.82, 2.24) is 20.5 Å². The standard InChI is InChI=1S/C16H19ClN6/c1-4-11(12-9-21-22-10-12)8-20-15(18)23-16(2,3)14-13(17)6-5-7-19-14/h4-10H,1H2,2-3H3,(H,21,22)(H3,18,20,23)/b11-8+. The topological polar surface area (TPSA) is 92.0 Å². The highest BCUT2D eigenvalue weighted by Crippen LogP contribution is 2.24. The first-order valence-corrected chi connectivity index (χ1v) is 7.36. The Morgan fingerprint density at radius 1 is 1.52 bits per heavy atom. The summed E-state index contributed by atoms with van der Waals surface area (Å²) in [5, 5.41) is 10.3. The van der Waals surface area contributed by atoms with Gasteiger partial charge < -0.3 is 11.1 Å². The molecular weight excluding hydrogens is 312 g/mol. The first-order valence-electron chi connectivity index (χ1n) is 6.98. The minimum atomic E-state index is -0.566. The predicted molar refractivity (Wildman–Crippen MR) is 93.8 cm³/mol. The third kappa shape index (κ3) is 4.20. The third-order valence-corrected chi connectivity index (χ3v) is 3.49. The van der Waals surface area contributed by atoms with Crippen molar-refractivity contribution in [3.63, 3.8) is 0 Å². The molecule has 7 heteroatoms. The van der Waals surface area contributed by atoms with E-state index in [1.807, 2.05) is 13.8 Å². The number of nitrogens with two attached hydrogens (primary N) is 1. The molecule has 0 radical (unpaired) electrons. The fourth-order valence-electron chi connectivity index (χ4n) is 2.05. The lowest BCUT2D eigenvalue weighted by atomic mass is 10.00. The number of aromatic amines is 1. The predicted octanol–water partition coefficient (Wildman–Crippen LogP) is 2.82. The highest BCUT2D eigenvalue weighted by Gasteiger charge is 2.25. The second-order valence-electron chi connectivity index (χ2n) is 5.37. The minimum absolute atomic E-state index is 0.250. The van der Waals surface area contributed by atoms with E-state index in [-0.39, 0.29) is 5.96 Å². The summed E-state index contributed by atoms with van der Waals surface area (Å²) in [6.45, 7) is 7.62. The quantitative estimate of drug-likeness (QED) is 0.446. The summed E-state index contributed by atoms with van der Waals surface area (Å²) in [5.41, 5.74) is 7.78. The number of H-pyrrole nitrogens is 1. The molecule has 0 atom stereocenters. The Labute approximate surface area is 140 Å². The van der Waals surface area contributed by atoms with Crippen molar-refractivity contribution in [2.45, 2.75) is 19.4 Å². The van der Waals surface area contributed by atoms with Gasteiger partial charge in [0.05, 0.1) is 22.5 Å². The number of pyridine rings is 1. The van der Waals surface area contributed by atoms with Crippen molar-refractivity contribution in [2.75, 3.05) is 0 Å². The molecule has 2 aromatic heterocycles. The van der Waals surface area contributed by atoms with Crippen LogP contribution in [0.1, 0.15) is 25.1 Å². The third-order valence-electron chi connectivity index (χ3n) is 3.19. The molecule has 0 aliphatic carbocycles. The van der Waals surface area contributed by atoms with Crippen molar-refractivity contribution >= 4 is 23.1 Å². The number of aromatic nitrogens is 3. The van der Waals surface area contributed by atoms with Gasteiger partial charge >= 0.3 is 0 Å². The number of nitrogens with one attached hydrogen (secondary N) is 2. The van der Waals surface area contributed by atoms with Crippen LogP contribution in [0.5, 0.6) is 0 Å². The van der Waals surface area contributed by atoms with Crippen LogP contribution >= 0.6 is 11.6 Å². The molecule has 0 fully saturated rings. The molecule has 0 spiro atoms. The Balaban J connectivity index is 2.19. The second kappa shape index (κ2) is 7.11. The van der Waals surface area contributed by atoms with Crippen LogP contribution in [0.3, 0.4) is 0 Å². The molecule has 4 N–H and O–H groups in total. The fourth-order valence-corrected chi connectivity index (χ4v) is 2.41. The second-order valence-corrected chi connectivity index (χ2v) is 5.78. The minimum Gasteiger partial charge on any atom is -0.370 e. The van der Waals surface area contributed by atoms with Crippen LogP contribution in [0.15, 0.2) is 54.6 Å². The first kappa shape index (κ1) is 16.8. The van der Waals surface area contributed by atoms with Gasteiger partial charge in [0.1, 0.15) is 0 Å². The monoisotopic (exact) mass is 330 g/mol. The van der Waals surface area contributed by atoms with E-state index in [9.17, 15) is 0 Å². The molecule has 0 saturated carbocycles. The van der Waals surface area contributed by atoms with Crippen molar-refractivity contribution in [2.24, 2.45) is 10.7 Å². The van der Waals surface area contributed by atoms with Gasteiger partial charge in [-0.05, 0) is 26.0 Å². The Bertz CT molecular complexity index is 731. The van der Waals surface area contributed by atoms with Crippen LogP contribution in [0.25, 0.3) is 5.57 Å². The number of halogens is 1. The van der Waals surface area contributed by atoms with Gasteiger partial charge in [-0.3, -0.25) is 10.1 Å². The molecule has 0 amide bonds. The fraction of sp³-hybridized carbons (Fsp3) is 0.188. The molecule has 0 aliphatic heterocycles. The van der Waals surface area contributed by atoms with Crippen LogP contribution in [-0.2, 0) is 5.54 Å². The van der Waals surface area contributed by atoms with Crippen molar-refractivity contribution in [3.05, 3.63) is 65.9 Å². The summed E-state index contributed by atoms with van der Waals surface area (Å²) in [6, 6.07) is 3.57. The van der Waals surface area contributed by atoms with Gasteiger partial charge in [0.15, 0.2) is 5.96 Å². The zero-order valence-electron chi connectivity index (χ0n) is 13.0. The van der Waals surface area contributed by atoms with E-state index < -0.39 is 5.54 Å². The summed E-state index contributed by atoms with van der Waals surface area (Å²) in [6.07, 6.45) is 8.43. The van der Waals surface area contributed by atoms with Crippen molar-refractivity contribution < 1.29 is 0 Å². The van der Waals surface area contributed by atoms with Gasteiger partial charge in [-0.15, -0.1) is 0 Å². The number of allylic oxidation sites excluding steroid dienone is 2. The molecule has 120 valence electrons. The van der Waals surface area contributed by atoms with Gasteiger partial charge in [0.25, 0.3) is 0 Å². The lowest BCUT2D eigenvalue weighted by Crippen LogP contribution is -2.45. The molecule has 0 saturated heterocycles. The Kier molecular flexibility index (Phi) is 5.18. The zero-order chi connectivity index (χ0) is 16.9. The van der Waals surface area contributed by atoms with E-state index in [4.69, 9.17) is 17.3 Å². The number of hydrogen-bond donors (Lipinski definition) is 3. The summed E-state index contributed by atoms with van der Waals surface area (Å²) in [5.74, 6) is 0.250. The normalized spacial score (nSPS) is 13.0. The molecule has 6 nitrogen and oxygen atoms in total. The van der Waals surface area contributed by atoms with Gasteiger partial charge in [0.2, 0.25) is 0 Å². The van der Waals surface area contributed by atoms with E-state index >= 15 is 0 Å². The summed E-state index contributed by atoms with van der Waals surface area (Å²) in [4.78, 5) is 8.54. The highest BCUT2D eigenvalue weighted by atomic mass is 35.5. The molecule has 0 aliphatic rings. The van der Waals surface area contributed by atoms with E-state index in [2.05, 4.69) is 32.1 Å². The maximum Gasteiger partial charge on any atom is 0.193 e. The van der Waals surface area contributed by atoms with E-state index in [0.29, 0.717) is 10.7 Å². The Morgan fingerprint density at radius 3 is 2.91 bits per heavy atom. The average molecular weight is 331 g/mol. The number of nitrogens with zero attached hydrogens (tertiary/aromatic N) is 3. The van der Waals surface area contributed by atoms with Gasteiger partial charge in [-0.2, -0.15) is 5.10 Å². The molecular formula is C16H19ClN6. The van der Waals surface area contributed by atoms with Crippen molar-refractivity contribution in [1.29, 1.82) is 0 Å². The number of rotatable bonds is 5. The molecule has 2 rings (SSSR count). The maximum atomic E-state index is 6.19. The van der Waals surface area contributed by atoms with Crippen LogP contribution in [0.4, 0.5) is 0 Å². The number of aliphatic imine (C=N–C) groups is 1. The van der Waals surface area contributed by atoms with Crippen LogP contribution in [0.2, 0.25) is 5.02 Å². The molecule has 2 heterocycles. The molecule has 0 bridgehead atoms. The van der Waals surface area contributed by atoms with Gasteiger partial charge in [-0.1, -0.05) is 24.3 Å². The lowest BCUT2D eigenvalue weighted by Gasteiger charge is -2.26. The zero-order valence-corrected chi connectivity index (χ0v) is 13.8. The van der Waals surface area contributed by atoms with E-state index in [1.54, 1.807) is 43.0 Å². The highest BCUT2D eigenvalue weighted by molar-refractivity contribution is 6.31. The van der Waals surface area contributed by atoms with Crippen molar-refractivity contribution in [3.8, 4) is 0 Å². The maximum absolute atomic E-state index is 6.19. The Morgan fingerprint density at radius 2 is 2.30 bits per heavy atom. The SMILES string of the molecule is C=C/C(=C\N=C(/N)NC(C)(C)c1ncccc1Cl)c1cn[nH]c1. The lowest BCUT2D eigenvalue weighted by molar-refractivity contribution is 0.469. The number of hydrogen-bond acceptors (Lipinski definition) is 3. The van der Waals surface area contributed by atoms with E-state index in [1.165, 1.54) is 0 Å². The summed E-state index contributed by atoms with van der Waals surface area (Å²) < 4.78 is 0. The van der Waals surface area contributed by atoms with E-state index in [0.717, 1.165) is 11.1 Å². The first-order chi connectivity index (χ1) is 10.9. The average Bonchev–Trinajstić information content (AvgIpc) is 3.02. The molecule has 2 aromatic rings. The number of guanidine groups is 1. The van der Waals surface area contributed by atoms with Gasteiger partial charge in [-0.25, -0.2) is 4.99 Å². The van der Waals surface area contributed by atoms with Gasteiger partial charge in [0, 0.05) is 29.7 Å². The largest absolute Gasteiger partial charge is 0.370 e. The van der Waals surface area contributed by atoms with Crippen LogP contribution in [0, 0.1) is 0 Å².